The molecule has 12 nitrogen and oxygen atoms in total. The maximum absolute atomic E-state index is 12.6. The van der Waals surface area contributed by atoms with Crippen molar-refractivity contribution in [3.8, 4) is 0 Å². The largest absolute Gasteiger partial charge is 0.480 e. The summed E-state index contributed by atoms with van der Waals surface area (Å²) >= 11 is 0. The van der Waals surface area contributed by atoms with E-state index in [-0.39, 0.29) is 12.8 Å². The highest BCUT2D eigenvalue weighted by atomic mass is 31.2. The van der Waals surface area contributed by atoms with Gasteiger partial charge in [-0.3, -0.25) is 23.4 Å². The molecule has 59 heavy (non-hydrogen) atoms. The van der Waals surface area contributed by atoms with Crippen molar-refractivity contribution in [2.24, 2.45) is 5.73 Å². The Kier molecular flexibility index (Phi) is 38.6. The van der Waals surface area contributed by atoms with Crippen LogP contribution in [0.1, 0.15) is 174 Å². The molecule has 340 valence electrons. The van der Waals surface area contributed by atoms with Gasteiger partial charge in [-0.25, -0.2) is 4.57 Å². The molecule has 0 aromatic heterocycles. The smallest absolute Gasteiger partial charge is 0.472 e. The molecule has 0 saturated heterocycles. The molecule has 2 unspecified atom stereocenters. The molecule has 13 heteroatoms. The van der Waals surface area contributed by atoms with Crippen LogP contribution in [0.3, 0.4) is 0 Å². The molecule has 0 rings (SSSR count). The predicted molar refractivity (Wildman–Crippen MR) is 237 cm³/mol. The van der Waals surface area contributed by atoms with Gasteiger partial charge >= 0.3 is 25.7 Å². The number of carboxylic acids is 1. The number of allylic oxidation sites excluding steroid dienone is 9. The van der Waals surface area contributed by atoms with Gasteiger partial charge in [-0.15, -0.1) is 0 Å². The van der Waals surface area contributed by atoms with E-state index >= 15 is 0 Å². The minimum Gasteiger partial charge on any atom is -0.480 e. The molecular formula is C46H80NO11P. The van der Waals surface area contributed by atoms with E-state index in [2.05, 4.69) is 54.8 Å². The van der Waals surface area contributed by atoms with E-state index in [1.807, 2.05) is 12.2 Å². The van der Waals surface area contributed by atoms with Crippen LogP contribution in [0.25, 0.3) is 0 Å². The van der Waals surface area contributed by atoms with Gasteiger partial charge in [-0.05, 0) is 70.6 Å². The third-order valence-electron chi connectivity index (χ3n) is 9.34. The van der Waals surface area contributed by atoms with Crippen molar-refractivity contribution in [3.05, 3.63) is 60.8 Å². The van der Waals surface area contributed by atoms with Crippen LogP contribution < -0.4 is 5.73 Å². The molecule has 0 saturated carbocycles. The molecule has 0 aliphatic rings. The number of aliphatic hydroxyl groups is 1. The molecule has 0 heterocycles. The lowest BCUT2D eigenvalue weighted by Gasteiger charge is -2.20. The van der Waals surface area contributed by atoms with E-state index in [0.29, 0.717) is 19.3 Å². The van der Waals surface area contributed by atoms with Gasteiger partial charge in [0.1, 0.15) is 12.6 Å². The summed E-state index contributed by atoms with van der Waals surface area (Å²) in [6.07, 6.45) is 43.1. The lowest BCUT2D eigenvalue weighted by atomic mass is 10.1. The van der Waals surface area contributed by atoms with E-state index in [1.54, 1.807) is 12.2 Å². The van der Waals surface area contributed by atoms with Gasteiger partial charge < -0.3 is 30.3 Å². The highest BCUT2D eigenvalue weighted by Gasteiger charge is 2.28. The van der Waals surface area contributed by atoms with Gasteiger partial charge in [0.05, 0.1) is 19.3 Å². The van der Waals surface area contributed by atoms with Gasteiger partial charge in [0.15, 0.2) is 6.10 Å². The average Bonchev–Trinajstić information content (AvgIpc) is 3.20. The quantitative estimate of drug-likeness (QED) is 0.0150. The Balaban J connectivity index is 4.55. The molecule has 5 N–H and O–H groups in total. The zero-order valence-electron chi connectivity index (χ0n) is 36.4. The van der Waals surface area contributed by atoms with Gasteiger partial charge in [0.2, 0.25) is 0 Å². The predicted octanol–water partition coefficient (Wildman–Crippen LogP) is 10.9. The fourth-order valence-corrected chi connectivity index (χ4v) is 6.53. The molecule has 0 spiro atoms. The summed E-state index contributed by atoms with van der Waals surface area (Å²) in [5, 5.41) is 19.2. The second-order valence-corrected chi connectivity index (χ2v) is 16.5. The van der Waals surface area contributed by atoms with E-state index in [1.165, 1.54) is 77.0 Å². The summed E-state index contributed by atoms with van der Waals surface area (Å²) in [4.78, 5) is 46.0. The minimum absolute atomic E-state index is 0.0666. The first-order valence-corrected chi connectivity index (χ1v) is 23.9. The normalized spacial score (nSPS) is 14.8. The summed E-state index contributed by atoms with van der Waals surface area (Å²) in [6.45, 7) is 2.57. The Hall–Kier alpha value is -2.86. The Bertz CT molecular complexity index is 1250. The highest BCUT2D eigenvalue weighted by molar-refractivity contribution is 7.47. The second-order valence-electron chi connectivity index (χ2n) is 15.0. The van der Waals surface area contributed by atoms with E-state index in [4.69, 9.17) is 24.8 Å². The maximum Gasteiger partial charge on any atom is 0.472 e. The molecule has 0 amide bonds. The molecule has 4 atom stereocenters. The SMILES string of the molecule is CCCCC/C=C\C/C=C\CCCCCCCCCC(=O)OC[C@H](COP(=O)(O)OC[C@H](N)C(=O)O)OC(=O)CCCC(O)/C=C/C=C/C/C=C/CCCCCCCC. The number of carbonyl (C=O) groups excluding carboxylic acids is 2. The number of rotatable bonds is 41. The molecule has 0 aliphatic heterocycles. The first-order valence-electron chi connectivity index (χ1n) is 22.4. The molecule has 0 aliphatic carbocycles. The molecule has 0 fully saturated rings. The number of phosphoric acid groups is 1. The van der Waals surface area contributed by atoms with Crippen molar-refractivity contribution in [2.45, 2.75) is 193 Å². The molecule has 0 aromatic rings. The third-order valence-corrected chi connectivity index (χ3v) is 10.3. The summed E-state index contributed by atoms with van der Waals surface area (Å²) < 4.78 is 32.6. The number of carbonyl (C=O) groups is 3. The summed E-state index contributed by atoms with van der Waals surface area (Å²) in [5.74, 6) is -2.61. The second kappa shape index (κ2) is 40.5. The zero-order chi connectivity index (χ0) is 43.7. The summed E-state index contributed by atoms with van der Waals surface area (Å²) in [6, 6.07) is -1.55. The maximum atomic E-state index is 12.6. The topological polar surface area (TPSA) is 192 Å². The van der Waals surface area contributed by atoms with Crippen molar-refractivity contribution < 1.29 is 52.6 Å². The van der Waals surface area contributed by atoms with E-state index in [0.717, 1.165) is 51.4 Å². The zero-order valence-corrected chi connectivity index (χ0v) is 37.3. The number of aliphatic carboxylic acids is 1. The summed E-state index contributed by atoms with van der Waals surface area (Å²) in [7, 11) is -4.77. The number of hydrogen-bond donors (Lipinski definition) is 4. The highest BCUT2D eigenvalue weighted by Crippen LogP contribution is 2.43. The Morgan fingerprint density at radius 3 is 1.69 bits per heavy atom. The van der Waals surface area contributed by atoms with Crippen LogP contribution in [0.15, 0.2) is 60.8 Å². The molecule has 0 aromatic carbocycles. The van der Waals surface area contributed by atoms with Gasteiger partial charge in [-0.2, -0.15) is 0 Å². The summed E-state index contributed by atoms with van der Waals surface area (Å²) in [5.41, 5.74) is 5.32. The van der Waals surface area contributed by atoms with Gasteiger partial charge in [0, 0.05) is 12.8 Å². The number of hydrogen-bond acceptors (Lipinski definition) is 10. The van der Waals surface area contributed by atoms with Crippen molar-refractivity contribution >= 4 is 25.7 Å². The lowest BCUT2D eigenvalue weighted by Crippen LogP contribution is -2.34. The Labute approximate surface area is 356 Å². The van der Waals surface area contributed by atoms with Crippen LogP contribution in [0.4, 0.5) is 0 Å². The van der Waals surface area contributed by atoms with Gasteiger partial charge in [0.25, 0.3) is 0 Å². The third kappa shape index (κ3) is 40.3. The number of carboxylic acid groups (broad SMARTS) is 1. The molecule has 0 bridgehead atoms. The van der Waals surface area contributed by atoms with E-state index < -0.39 is 63.8 Å². The number of ether oxygens (including phenoxy) is 2. The van der Waals surface area contributed by atoms with Crippen LogP contribution in [-0.2, 0) is 37.5 Å². The first-order chi connectivity index (χ1) is 28.5. The van der Waals surface area contributed by atoms with Gasteiger partial charge in [-0.1, -0.05) is 152 Å². The Morgan fingerprint density at radius 1 is 0.610 bits per heavy atom. The molecular weight excluding hydrogens is 773 g/mol. The van der Waals surface area contributed by atoms with Crippen molar-refractivity contribution in [1.29, 1.82) is 0 Å². The monoisotopic (exact) mass is 854 g/mol. The number of esters is 2. The van der Waals surface area contributed by atoms with Crippen molar-refractivity contribution in [3.63, 3.8) is 0 Å². The standard InChI is InChI=1S/C46H80NO11P/c1-3-5-7-9-11-13-15-17-18-19-20-22-24-26-28-30-32-36-44(49)55-38-42(39-56-59(53,54)57-40-43(47)46(51)52)58-45(50)37-33-35-41(48)34-31-29-27-25-23-21-16-14-12-10-8-6-4-2/h11,13,17-18,21,23,27,29,31,34,41-43,48H,3-10,12,14-16,19-20,22,24-26,28,30,32-33,35-40,47H2,1-2H3,(H,51,52)(H,53,54)/b13-11-,18-17-,23-21+,29-27+,34-31+/t41?,42-,43+/m1/s1. The van der Waals surface area contributed by atoms with Crippen molar-refractivity contribution in [2.75, 3.05) is 19.8 Å². The Morgan fingerprint density at radius 2 is 1.10 bits per heavy atom. The van der Waals surface area contributed by atoms with Crippen molar-refractivity contribution in [1.82, 2.24) is 0 Å². The van der Waals surface area contributed by atoms with Crippen LogP contribution in [0.5, 0.6) is 0 Å². The minimum atomic E-state index is -4.77. The van der Waals surface area contributed by atoms with Crippen LogP contribution in [-0.4, -0.2) is 71.1 Å². The number of unbranched alkanes of at least 4 members (excludes halogenated alkanes) is 16. The number of phosphoric ester groups is 1. The van der Waals surface area contributed by atoms with Crippen LogP contribution in [0.2, 0.25) is 0 Å². The van der Waals surface area contributed by atoms with Crippen LogP contribution in [0, 0.1) is 0 Å². The number of aliphatic hydroxyl groups excluding tert-OH is 1. The average molecular weight is 854 g/mol. The first kappa shape index (κ1) is 56.1. The van der Waals surface area contributed by atoms with Crippen LogP contribution >= 0.6 is 7.82 Å². The van der Waals surface area contributed by atoms with E-state index in [9.17, 15) is 28.9 Å². The number of nitrogens with two attached hydrogens (primary N) is 1. The fourth-order valence-electron chi connectivity index (χ4n) is 5.75. The lowest BCUT2D eigenvalue weighted by molar-refractivity contribution is -0.161. The molecule has 0 radical (unpaired) electrons. The fraction of sp³-hybridized carbons (Fsp3) is 0.717.